The standard InChI is InChI=1S/C16H25N3O/c1-12-7-6-8-13(2)19(12)11-15(16(17)18-20)14-9-4-3-5-10-14/h3-5,9-10,12-13,15,20H,6-8,11H2,1-2H3,(H2,17,18). The predicted molar refractivity (Wildman–Crippen MR) is 82.1 cm³/mol. The van der Waals surface area contributed by atoms with Gasteiger partial charge in [-0.3, -0.25) is 4.90 Å². The Morgan fingerprint density at radius 2 is 1.90 bits per heavy atom. The molecule has 1 aromatic carbocycles. The minimum absolute atomic E-state index is 0.0517. The SMILES string of the molecule is CC1CCCC(C)N1CC(C(N)=NO)c1ccccc1. The van der Waals surface area contributed by atoms with Crippen molar-refractivity contribution in [2.45, 2.75) is 51.1 Å². The highest BCUT2D eigenvalue weighted by Gasteiger charge is 2.29. The number of oxime groups is 1. The number of benzene rings is 1. The zero-order valence-corrected chi connectivity index (χ0v) is 12.4. The van der Waals surface area contributed by atoms with Crippen molar-refractivity contribution < 1.29 is 5.21 Å². The van der Waals surface area contributed by atoms with Gasteiger partial charge in [0.2, 0.25) is 0 Å². The molecule has 110 valence electrons. The highest BCUT2D eigenvalue weighted by molar-refractivity contribution is 5.87. The maximum Gasteiger partial charge on any atom is 0.147 e. The molecule has 1 fully saturated rings. The molecular weight excluding hydrogens is 250 g/mol. The molecule has 1 heterocycles. The maximum atomic E-state index is 9.07. The van der Waals surface area contributed by atoms with Crippen molar-refractivity contribution in [2.75, 3.05) is 6.54 Å². The van der Waals surface area contributed by atoms with Gasteiger partial charge in [0.25, 0.3) is 0 Å². The van der Waals surface area contributed by atoms with Crippen LogP contribution in [0, 0.1) is 0 Å². The summed E-state index contributed by atoms with van der Waals surface area (Å²) in [6.07, 6.45) is 3.74. The van der Waals surface area contributed by atoms with Crippen LogP contribution in [0.15, 0.2) is 35.5 Å². The summed E-state index contributed by atoms with van der Waals surface area (Å²) < 4.78 is 0. The van der Waals surface area contributed by atoms with Gasteiger partial charge in [-0.05, 0) is 32.3 Å². The van der Waals surface area contributed by atoms with E-state index in [9.17, 15) is 0 Å². The molecule has 0 bridgehead atoms. The summed E-state index contributed by atoms with van der Waals surface area (Å²) in [4.78, 5) is 2.49. The Morgan fingerprint density at radius 1 is 1.30 bits per heavy atom. The Morgan fingerprint density at radius 3 is 2.45 bits per heavy atom. The second kappa shape index (κ2) is 6.75. The fourth-order valence-electron chi connectivity index (χ4n) is 3.17. The second-order valence-corrected chi connectivity index (χ2v) is 5.81. The Bertz CT molecular complexity index is 436. The third kappa shape index (κ3) is 3.31. The van der Waals surface area contributed by atoms with Crippen LogP contribution < -0.4 is 5.73 Å². The predicted octanol–water partition coefficient (Wildman–Crippen LogP) is 2.78. The average Bonchev–Trinajstić information content (AvgIpc) is 2.47. The van der Waals surface area contributed by atoms with Crippen molar-refractivity contribution in [1.29, 1.82) is 0 Å². The number of hydrogen-bond donors (Lipinski definition) is 2. The average molecular weight is 275 g/mol. The van der Waals surface area contributed by atoms with Crippen molar-refractivity contribution in [2.24, 2.45) is 10.9 Å². The monoisotopic (exact) mass is 275 g/mol. The third-order valence-corrected chi connectivity index (χ3v) is 4.44. The number of piperidine rings is 1. The summed E-state index contributed by atoms with van der Waals surface area (Å²) >= 11 is 0. The smallest absolute Gasteiger partial charge is 0.147 e. The van der Waals surface area contributed by atoms with Gasteiger partial charge in [0, 0.05) is 18.6 Å². The Hall–Kier alpha value is -1.55. The van der Waals surface area contributed by atoms with Crippen LogP contribution >= 0.6 is 0 Å². The van der Waals surface area contributed by atoms with Crippen LogP contribution in [-0.2, 0) is 0 Å². The van der Waals surface area contributed by atoms with Gasteiger partial charge in [0.1, 0.15) is 5.84 Å². The molecular formula is C16H25N3O. The highest BCUT2D eigenvalue weighted by Crippen LogP contribution is 2.26. The molecule has 4 nitrogen and oxygen atoms in total. The summed E-state index contributed by atoms with van der Waals surface area (Å²) in [5.74, 6) is 0.241. The van der Waals surface area contributed by atoms with E-state index in [0.29, 0.717) is 17.9 Å². The first-order chi connectivity index (χ1) is 9.63. The normalized spacial score (nSPS) is 26.4. The van der Waals surface area contributed by atoms with Gasteiger partial charge in [-0.1, -0.05) is 41.9 Å². The molecule has 0 radical (unpaired) electrons. The van der Waals surface area contributed by atoms with Gasteiger partial charge in [0.05, 0.1) is 5.92 Å². The zero-order valence-electron chi connectivity index (χ0n) is 12.4. The van der Waals surface area contributed by atoms with Crippen molar-refractivity contribution >= 4 is 5.84 Å². The van der Waals surface area contributed by atoms with Crippen LogP contribution in [-0.4, -0.2) is 34.6 Å². The number of amidine groups is 1. The van der Waals surface area contributed by atoms with E-state index in [0.717, 1.165) is 12.1 Å². The van der Waals surface area contributed by atoms with Gasteiger partial charge in [-0.2, -0.15) is 0 Å². The van der Waals surface area contributed by atoms with E-state index < -0.39 is 0 Å². The van der Waals surface area contributed by atoms with E-state index in [-0.39, 0.29) is 5.92 Å². The van der Waals surface area contributed by atoms with Crippen molar-refractivity contribution in [1.82, 2.24) is 4.90 Å². The molecule has 1 aliphatic rings. The molecule has 4 heteroatoms. The number of nitrogens with zero attached hydrogens (tertiary/aromatic N) is 2. The molecule has 3 N–H and O–H groups in total. The summed E-state index contributed by atoms with van der Waals surface area (Å²) in [6.45, 7) is 5.34. The zero-order chi connectivity index (χ0) is 14.5. The molecule has 3 unspecified atom stereocenters. The molecule has 0 amide bonds. The van der Waals surface area contributed by atoms with E-state index in [4.69, 9.17) is 10.9 Å². The number of likely N-dealkylation sites (tertiary alicyclic amines) is 1. The van der Waals surface area contributed by atoms with Gasteiger partial charge in [0.15, 0.2) is 0 Å². The van der Waals surface area contributed by atoms with E-state index in [1.54, 1.807) is 0 Å². The first-order valence-corrected chi connectivity index (χ1v) is 7.41. The summed E-state index contributed by atoms with van der Waals surface area (Å²) in [5.41, 5.74) is 7.04. The lowest BCUT2D eigenvalue weighted by molar-refractivity contribution is 0.102. The number of nitrogens with two attached hydrogens (primary N) is 1. The Balaban J connectivity index is 2.20. The second-order valence-electron chi connectivity index (χ2n) is 5.81. The Kier molecular flexibility index (Phi) is 5.01. The molecule has 0 aromatic heterocycles. The van der Waals surface area contributed by atoms with Crippen LogP contribution in [0.5, 0.6) is 0 Å². The quantitative estimate of drug-likeness (QED) is 0.384. The minimum atomic E-state index is -0.0517. The van der Waals surface area contributed by atoms with Gasteiger partial charge >= 0.3 is 0 Å². The van der Waals surface area contributed by atoms with E-state index in [1.165, 1.54) is 19.3 Å². The summed E-state index contributed by atoms with van der Waals surface area (Å²) in [7, 11) is 0. The lowest BCUT2D eigenvalue weighted by atomic mass is 9.92. The van der Waals surface area contributed by atoms with E-state index in [2.05, 4.69) is 23.9 Å². The van der Waals surface area contributed by atoms with Crippen molar-refractivity contribution in [3.63, 3.8) is 0 Å². The van der Waals surface area contributed by atoms with E-state index in [1.807, 2.05) is 30.3 Å². The van der Waals surface area contributed by atoms with Crippen LogP contribution in [0.2, 0.25) is 0 Å². The molecule has 0 saturated carbocycles. The minimum Gasteiger partial charge on any atom is -0.409 e. The highest BCUT2D eigenvalue weighted by atomic mass is 16.4. The first-order valence-electron chi connectivity index (χ1n) is 7.41. The molecule has 1 aliphatic heterocycles. The van der Waals surface area contributed by atoms with Crippen LogP contribution in [0.3, 0.4) is 0 Å². The molecule has 20 heavy (non-hydrogen) atoms. The third-order valence-electron chi connectivity index (χ3n) is 4.44. The lowest BCUT2D eigenvalue weighted by Crippen LogP contribution is -2.47. The molecule has 3 atom stereocenters. The fourth-order valence-corrected chi connectivity index (χ4v) is 3.17. The number of rotatable bonds is 4. The van der Waals surface area contributed by atoms with Crippen molar-refractivity contribution in [3.05, 3.63) is 35.9 Å². The van der Waals surface area contributed by atoms with Crippen molar-refractivity contribution in [3.8, 4) is 0 Å². The molecule has 1 saturated heterocycles. The molecule has 0 spiro atoms. The first kappa shape index (κ1) is 14.9. The van der Waals surface area contributed by atoms with Gasteiger partial charge in [-0.25, -0.2) is 0 Å². The van der Waals surface area contributed by atoms with Gasteiger partial charge in [-0.15, -0.1) is 0 Å². The summed E-state index contributed by atoms with van der Waals surface area (Å²) in [5, 5.41) is 12.3. The molecule has 1 aromatic rings. The topological polar surface area (TPSA) is 61.8 Å². The fraction of sp³-hybridized carbons (Fsp3) is 0.562. The summed E-state index contributed by atoms with van der Waals surface area (Å²) in [6, 6.07) is 11.2. The van der Waals surface area contributed by atoms with Crippen LogP contribution in [0.25, 0.3) is 0 Å². The maximum absolute atomic E-state index is 9.07. The lowest BCUT2D eigenvalue weighted by Gasteiger charge is -2.40. The van der Waals surface area contributed by atoms with Crippen LogP contribution in [0.1, 0.15) is 44.6 Å². The molecule has 0 aliphatic carbocycles. The van der Waals surface area contributed by atoms with E-state index >= 15 is 0 Å². The van der Waals surface area contributed by atoms with Gasteiger partial charge < -0.3 is 10.9 Å². The largest absolute Gasteiger partial charge is 0.409 e. The number of hydrogen-bond acceptors (Lipinski definition) is 3. The Labute approximate surface area is 121 Å². The molecule has 2 rings (SSSR count). The van der Waals surface area contributed by atoms with Crippen LogP contribution in [0.4, 0.5) is 0 Å².